The first-order valence-electron chi connectivity index (χ1n) is 7.16. The second-order valence-corrected chi connectivity index (χ2v) is 5.66. The molecular formula is C15H26ClN3O3. The van der Waals surface area contributed by atoms with Crippen LogP contribution >= 0.6 is 12.4 Å². The van der Waals surface area contributed by atoms with Crippen molar-refractivity contribution in [3.63, 3.8) is 0 Å². The summed E-state index contributed by atoms with van der Waals surface area (Å²) >= 11 is 0. The van der Waals surface area contributed by atoms with Crippen LogP contribution in [0.15, 0.2) is 23.0 Å². The van der Waals surface area contributed by atoms with E-state index in [1.54, 1.807) is 24.9 Å². The third kappa shape index (κ3) is 6.07. The molecule has 0 aliphatic rings. The van der Waals surface area contributed by atoms with Gasteiger partial charge in [-0.2, -0.15) is 0 Å². The first-order valence-corrected chi connectivity index (χ1v) is 7.16. The number of amides is 2. The quantitative estimate of drug-likeness (QED) is 0.795. The molecule has 1 heterocycles. The average Bonchev–Trinajstić information content (AvgIpc) is 2.97. The summed E-state index contributed by atoms with van der Waals surface area (Å²) in [5, 5.41) is 2.65. The van der Waals surface area contributed by atoms with Crippen molar-refractivity contribution >= 4 is 24.2 Å². The Morgan fingerprint density at radius 3 is 2.50 bits per heavy atom. The van der Waals surface area contributed by atoms with Gasteiger partial charge in [-0.1, -0.05) is 13.8 Å². The lowest BCUT2D eigenvalue weighted by atomic mass is 10.0. The van der Waals surface area contributed by atoms with Gasteiger partial charge in [0.1, 0.15) is 12.3 Å². The van der Waals surface area contributed by atoms with Crippen LogP contribution in [0.25, 0.3) is 0 Å². The topological polar surface area (TPSA) is 88.6 Å². The maximum absolute atomic E-state index is 12.2. The van der Waals surface area contributed by atoms with Crippen LogP contribution < -0.4 is 11.1 Å². The van der Waals surface area contributed by atoms with Crippen LogP contribution in [0.2, 0.25) is 0 Å². The molecule has 1 aromatic rings. The molecular weight excluding hydrogens is 306 g/mol. The first-order chi connectivity index (χ1) is 9.82. The van der Waals surface area contributed by atoms with Gasteiger partial charge in [0.2, 0.25) is 5.91 Å². The molecule has 1 rings (SSSR count). The van der Waals surface area contributed by atoms with Gasteiger partial charge in [-0.25, -0.2) is 0 Å². The molecule has 3 N–H and O–H groups in total. The van der Waals surface area contributed by atoms with E-state index in [-0.39, 0.29) is 30.3 Å². The van der Waals surface area contributed by atoms with E-state index in [9.17, 15) is 9.59 Å². The Balaban J connectivity index is 0.00000441. The molecule has 126 valence electrons. The maximum Gasteiger partial charge on any atom is 0.255 e. The highest BCUT2D eigenvalue weighted by Crippen LogP contribution is 2.05. The molecule has 1 aromatic heterocycles. The molecule has 6 nitrogen and oxygen atoms in total. The van der Waals surface area contributed by atoms with Crippen molar-refractivity contribution in [2.45, 2.75) is 39.3 Å². The third-order valence-corrected chi connectivity index (χ3v) is 3.53. The Morgan fingerprint density at radius 1 is 1.36 bits per heavy atom. The fraction of sp³-hybridized carbons (Fsp3) is 0.600. The number of carbonyl (C=O) groups is 2. The second-order valence-electron chi connectivity index (χ2n) is 5.66. The van der Waals surface area contributed by atoms with Gasteiger partial charge in [0.15, 0.2) is 0 Å². The van der Waals surface area contributed by atoms with Crippen LogP contribution in [0.5, 0.6) is 0 Å². The Kier molecular flexibility index (Phi) is 8.82. The molecule has 0 spiro atoms. The minimum atomic E-state index is -0.590. The van der Waals surface area contributed by atoms with Gasteiger partial charge in [0.05, 0.1) is 11.8 Å². The summed E-state index contributed by atoms with van der Waals surface area (Å²) < 4.78 is 4.84. The van der Waals surface area contributed by atoms with Crippen LogP contribution in [-0.2, 0) is 4.79 Å². The molecule has 0 aliphatic carbocycles. The summed E-state index contributed by atoms with van der Waals surface area (Å²) in [7, 11) is 1.72. The molecule has 22 heavy (non-hydrogen) atoms. The number of hydrogen-bond acceptors (Lipinski definition) is 4. The number of rotatable bonds is 7. The smallest absolute Gasteiger partial charge is 0.255 e. The van der Waals surface area contributed by atoms with E-state index in [0.717, 1.165) is 6.42 Å². The third-order valence-electron chi connectivity index (χ3n) is 3.53. The summed E-state index contributed by atoms with van der Waals surface area (Å²) in [6.45, 7) is 6.35. The van der Waals surface area contributed by atoms with E-state index < -0.39 is 6.04 Å². The van der Waals surface area contributed by atoms with Gasteiger partial charge in [-0.3, -0.25) is 9.59 Å². The lowest BCUT2D eigenvalue weighted by molar-refractivity contribution is -0.131. The van der Waals surface area contributed by atoms with Crippen molar-refractivity contribution in [1.82, 2.24) is 10.2 Å². The molecule has 7 heteroatoms. The van der Waals surface area contributed by atoms with Crippen molar-refractivity contribution in [2.24, 2.45) is 11.7 Å². The number of halogens is 1. The highest BCUT2D eigenvalue weighted by Gasteiger charge is 2.21. The van der Waals surface area contributed by atoms with E-state index in [1.165, 1.54) is 12.5 Å². The predicted octanol–water partition coefficient (Wildman–Crippen LogP) is 1.65. The summed E-state index contributed by atoms with van der Waals surface area (Å²) in [6.07, 6.45) is 3.50. The largest absolute Gasteiger partial charge is 0.472 e. The van der Waals surface area contributed by atoms with Crippen molar-refractivity contribution < 1.29 is 14.0 Å². The molecule has 0 aliphatic heterocycles. The average molecular weight is 332 g/mol. The number of carbonyl (C=O) groups excluding carboxylic acids is 2. The van der Waals surface area contributed by atoms with Crippen molar-refractivity contribution in [1.29, 1.82) is 0 Å². The van der Waals surface area contributed by atoms with E-state index in [1.807, 2.05) is 0 Å². The molecule has 0 aromatic carbocycles. The number of likely N-dealkylation sites (N-methyl/N-ethyl adjacent to an activating group) is 1. The van der Waals surface area contributed by atoms with Gasteiger partial charge in [0, 0.05) is 19.6 Å². The summed E-state index contributed by atoms with van der Waals surface area (Å²) in [5.41, 5.74) is 6.37. The molecule has 0 saturated carbocycles. The van der Waals surface area contributed by atoms with E-state index >= 15 is 0 Å². The van der Waals surface area contributed by atoms with Crippen molar-refractivity contribution in [3.8, 4) is 0 Å². The predicted molar refractivity (Wildman–Crippen MR) is 88.0 cm³/mol. The van der Waals surface area contributed by atoms with E-state index in [2.05, 4.69) is 19.2 Å². The number of nitrogens with one attached hydrogen (secondary N) is 1. The summed E-state index contributed by atoms with van der Waals surface area (Å²) in [4.78, 5) is 25.6. The Labute approximate surface area is 137 Å². The lowest BCUT2D eigenvalue weighted by Crippen LogP contribution is -2.46. The standard InChI is InChI=1S/C15H25N3O3.ClH/c1-10(2)13(16)5-7-18(4)15(20)11(3)17-14(19)12-6-8-21-9-12;/h6,8-11,13H,5,7,16H2,1-4H3,(H,17,19);1H. The van der Waals surface area contributed by atoms with Crippen LogP contribution in [0.4, 0.5) is 0 Å². The van der Waals surface area contributed by atoms with E-state index in [4.69, 9.17) is 10.2 Å². The minimum Gasteiger partial charge on any atom is -0.472 e. The number of hydrogen-bond donors (Lipinski definition) is 2. The summed E-state index contributed by atoms with van der Waals surface area (Å²) in [6, 6.07) is 1.03. The zero-order chi connectivity index (χ0) is 16.0. The minimum absolute atomic E-state index is 0. The molecule has 0 fully saturated rings. The Bertz CT molecular complexity index is 463. The van der Waals surface area contributed by atoms with Gasteiger partial charge in [-0.15, -0.1) is 12.4 Å². The zero-order valence-corrected chi connectivity index (χ0v) is 14.4. The highest BCUT2D eigenvalue weighted by molar-refractivity contribution is 5.97. The van der Waals surface area contributed by atoms with Crippen LogP contribution in [0, 0.1) is 5.92 Å². The fourth-order valence-electron chi connectivity index (χ4n) is 1.85. The highest BCUT2D eigenvalue weighted by atomic mass is 35.5. The number of furan rings is 1. The van der Waals surface area contributed by atoms with Crippen LogP contribution in [-0.4, -0.2) is 42.4 Å². The second kappa shape index (κ2) is 9.48. The number of nitrogens with two attached hydrogens (primary N) is 1. The normalized spacial score (nSPS) is 13.2. The SMILES string of the molecule is CC(NC(=O)c1ccoc1)C(=O)N(C)CCC(N)C(C)C.Cl. The van der Waals surface area contributed by atoms with Crippen molar-refractivity contribution in [2.75, 3.05) is 13.6 Å². The van der Waals surface area contributed by atoms with Crippen LogP contribution in [0.1, 0.15) is 37.6 Å². The first kappa shape index (κ1) is 20.5. The molecule has 2 atom stereocenters. The molecule has 2 unspecified atom stereocenters. The van der Waals surface area contributed by atoms with Gasteiger partial charge in [0.25, 0.3) is 5.91 Å². The molecule has 2 amide bonds. The molecule has 0 saturated heterocycles. The maximum atomic E-state index is 12.2. The zero-order valence-electron chi connectivity index (χ0n) is 13.5. The fourth-order valence-corrected chi connectivity index (χ4v) is 1.85. The molecule has 0 radical (unpaired) electrons. The van der Waals surface area contributed by atoms with Gasteiger partial charge < -0.3 is 20.4 Å². The molecule has 0 bridgehead atoms. The summed E-state index contributed by atoms with van der Waals surface area (Å²) in [5.74, 6) is -0.0774. The van der Waals surface area contributed by atoms with Crippen LogP contribution in [0.3, 0.4) is 0 Å². The monoisotopic (exact) mass is 331 g/mol. The van der Waals surface area contributed by atoms with E-state index in [0.29, 0.717) is 18.0 Å². The van der Waals surface area contributed by atoms with Gasteiger partial charge >= 0.3 is 0 Å². The van der Waals surface area contributed by atoms with Gasteiger partial charge in [-0.05, 0) is 25.3 Å². The number of nitrogens with zero attached hydrogens (tertiary/aromatic N) is 1. The van der Waals surface area contributed by atoms with Crippen molar-refractivity contribution in [3.05, 3.63) is 24.2 Å². The Morgan fingerprint density at radius 2 is 2.00 bits per heavy atom. The lowest BCUT2D eigenvalue weighted by Gasteiger charge is -2.24. The Hall–Kier alpha value is -1.53.